The van der Waals surface area contributed by atoms with E-state index in [1.165, 1.54) is 0 Å². The molecule has 2 unspecified atom stereocenters. The first kappa shape index (κ1) is 12.9. The molecule has 1 aliphatic heterocycles. The summed E-state index contributed by atoms with van der Waals surface area (Å²) in [4.78, 5) is 17.6. The lowest BCUT2D eigenvalue weighted by atomic mass is 9.99. The van der Waals surface area contributed by atoms with E-state index in [4.69, 9.17) is 16.4 Å². The summed E-state index contributed by atoms with van der Waals surface area (Å²) in [6.45, 7) is 0. The molecule has 20 heavy (non-hydrogen) atoms. The minimum atomic E-state index is -0.769. The summed E-state index contributed by atoms with van der Waals surface area (Å²) in [7, 11) is 0. The number of alkyl halides is 1. The summed E-state index contributed by atoms with van der Waals surface area (Å²) in [6, 6.07) is 18.5. The minimum Gasteiger partial charge on any atom is -0.382 e. The van der Waals surface area contributed by atoms with Crippen LogP contribution in [0.15, 0.2) is 65.8 Å². The molecule has 1 heterocycles. The smallest absolute Gasteiger partial charge is 0.211 e. The molecule has 3 rings (SSSR count). The van der Waals surface area contributed by atoms with Crippen LogP contribution in [0.4, 0.5) is 0 Å². The number of carbonyl (C=O) groups is 1. The van der Waals surface area contributed by atoms with Crippen molar-refractivity contribution in [3.63, 3.8) is 0 Å². The van der Waals surface area contributed by atoms with Crippen LogP contribution in [-0.4, -0.2) is 23.0 Å². The topological polar surface area (TPSA) is 38.7 Å². The Morgan fingerprint density at radius 1 is 1.00 bits per heavy atom. The fourth-order valence-electron chi connectivity index (χ4n) is 2.13. The van der Waals surface area contributed by atoms with Crippen molar-refractivity contribution >= 4 is 23.1 Å². The molecule has 3 nitrogen and oxygen atoms in total. The lowest BCUT2D eigenvalue weighted by molar-refractivity contribution is 0.0564. The van der Waals surface area contributed by atoms with E-state index in [0.29, 0.717) is 11.3 Å². The second-order valence-electron chi connectivity index (χ2n) is 4.50. The standard InChI is InChI=1S/C16H12ClNO2/c17-13-14(11-7-3-1-4-8-11)18-20-16(13)15(19)12-9-5-2-6-10-12/h1-10,13,16H. The summed E-state index contributed by atoms with van der Waals surface area (Å²) in [5, 5.41) is 3.40. The lowest BCUT2D eigenvalue weighted by Crippen LogP contribution is -2.32. The van der Waals surface area contributed by atoms with Gasteiger partial charge in [-0.25, -0.2) is 0 Å². The molecule has 100 valence electrons. The second kappa shape index (κ2) is 5.47. The van der Waals surface area contributed by atoms with Gasteiger partial charge in [-0.3, -0.25) is 4.79 Å². The zero-order chi connectivity index (χ0) is 13.9. The van der Waals surface area contributed by atoms with Gasteiger partial charge in [0, 0.05) is 11.1 Å². The molecule has 4 heteroatoms. The molecule has 0 saturated carbocycles. The van der Waals surface area contributed by atoms with Crippen LogP contribution < -0.4 is 0 Å². The number of rotatable bonds is 3. The maximum Gasteiger partial charge on any atom is 0.211 e. The van der Waals surface area contributed by atoms with Gasteiger partial charge in [-0.1, -0.05) is 65.8 Å². The molecule has 0 aromatic heterocycles. The molecule has 2 aromatic rings. The van der Waals surface area contributed by atoms with Gasteiger partial charge >= 0.3 is 0 Å². The number of hydrogen-bond acceptors (Lipinski definition) is 3. The highest BCUT2D eigenvalue weighted by molar-refractivity contribution is 6.38. The molecule has 0 amide bonds. The monoisotopic (exact) mass is 285 g/mol. The number of ketones is 1. The zero-order valence-electron chi connectivity index (χ0n) is 10.6. The molecule has 1 aliphatic rings. The molecule has 0 N–H and O–H groups in total. The Kier molecular flexibility index (Phi) is 3.52. The number of halogens is 1. The van der Waals surface area contributed by atoms with E-state index in [0.717, 1.165) is 5.56 Å². The van der Waals surface area contributed by atoms with E-state index in [-0.39, 0.29) is 5.78 Å². The van der Waals surface area contributed by atoms with E-state index in [9.17, 15) is 4.79 Å². The summed E-state index contributed by atoms with van der Waals surface area (Å²) < 4.78 is 0. The lowest BCUT2D eigenvalue weighted by Gasteiger charge is -2.11. The Labute approximate surface area is 121 Å². The Morgan fingerprint density at radius 3 is 2.25 bits per heavy atom. The molecule has 0 bridgehead atoms. The average Bonchev–Trinajstić information content (AvgIpc) is 2.90. The van der Waals surface area contributed by atoms with Gasteiger partial charge in [-0.2, -0.15) is 0 Å². The van der Waals surface area contributed by atoms with Gasteiger partial charge in [0.25, 0.3) is 0 Å². The van der Waals surface area contributed by atoms with Crippen molar-refractivity contribution in [1.82, 2.24) is 0 Å². The van der Waals surface area contributed by atoms with Gasteiger partial charge in [0.1, 0.15) is 11.1 Å². The molecule has 0 spiro atoms. The number of benzene rings is 2. The number of carbonyl (C=O) groups excluding carboxylic acids is 1. The molecule has 0 saturated heterocycles. The highest BCUT2D eigenvalue weighted by atomic mass is 35.5. The van der Waals surface area contributed by atoms with Crippen LogP contribution in [-0.2, 0) is 4.84 Å². The third kappa shape index (κ3) is 2.32. The Hall–Kier alpha value is -2.13. The SMILES string of the molecule is O=C(c1ccccc1)C1ON=C(c2ccccc2)C1Cl. The summed E-state index contributed by atoms with van der Waals surface area (Å²) >= 11 is 6.35. The van der Waals surface area contributed by atoms with Crippen molar-refractivity contribution in [3.05, 3.63) is 71.8 Å². The van der Waals surface area contributed by atoms with Crippen LogP contribution >= 0.6 is 11.6 Å². The van der Waals surface area contributed by atoms with Gasteiger partial charge < -0.3 is 4.84 Å². The van der Waals surface area contributed by atoms with E-state index < -0.39 is 11.5 Å². The van der Waals surface area contributed by atoms with Gasteiger partial charge in [-0.05, 0) is 0 Å². The molecule has 2 aromatic carbocycles. The molecule has 0 fully saturated rings. The number of oxime groups is 1. The van der Waals surface area contributed by atoms with Crippen LogP contribution in [0, 0.1) is 0 Å². The van der Waals surface area contributed by atoms with Gasteiger partial charge in [-0.15, -0.1) is 11.6 Å². The van der Waals surface area contributed by atoms with Gasteiger partial charge in [0.15, 0.2) is 0 Å². The highest BCUT2D eigenvalue weighted by Gasteiger charge is 2.38. The first-order valence-corrected chi connectivity index (χ1v) is 6.73. The fraction of sp³-hybridized carbons (Fsp3) is 0.125. The van der Waals surface area contributed by atoms with Crippen molar-refractivity contribution < 1.29 is 9.63 Å². The first-order chi connectivity index (χ1) is 9.77. The van der Waals surface area contributed by atoms with Crippen LogP contribution in [0.3, 0.4) is 0 Å². The molecular weight excluding hydrogens is 274 g/mol. The Morgan fingerprint density at radius 2 is 1.60 bits per heavy atom. The normalized spacial score (nSPS) is 21.1. The van der Waals surface area contributed by atoms with Crippen molar-refractivity contribution in [2.24, 2.45) is 5.16 Å². The third-order valence-corrected chi connectivity index (χ3v) is 3.61. The van der Waals surface area contributed by atoms with Crippen molar-refractivity contribution in [2.75, 3.05) is 0 Å². The van der Waals surface area contributed by atoms with Crippen LogP contribution in [0.1, 0.15) is 15.9 Å². The third-order valence-electron chi connectivity index (χ3n) is 3.18. The molecule has 0 aliphatic carbocycles. The fourth-order valence-corrected chi connectivity index (χ4v) is 2.46. The van der Waals surface area contributed by atoms with Crippen molar-refractivity contribution in [1.29, 1.82) is 0 Å². The molecule has 0 radical (unpaired) electrons. The Balaban J connectivity index is 1.82. The van der Waals surface area contributed by atoms with E-state index in [1.807, 2.05) is 48.5 Å². The van der Waals surface area contributed by atoms with Crippen molar-refractivity contribution in [3.8, 4) is 0 Å². The zero-order valence-corrected chi connectivity index (χ0v) is 11.3. The Bertz CT molecular complexity index is 640. The van der Waals surface area contributed by atoms with Crippen LogP contribution in [0.5, 0.6) is 0 Å². The van der Waals surface area contributed by atoms with Crippen LogP contribution in [0.25, 0.3) is 0 Å². The summed E-state index contributed by atoms with van der Waals surface area (Å²) in [5.41, 5.74) is 2.05. The molecular formula is C16H12ClNO2. The maximum atomic E-state index is 12.4. The first-order valence-electron chi connectivity index (χ1n) is 6.30. The predicted molar refractivity (Wildman–Crippen MR) is 78.3 cm³/mol. The summed E-state index contributed by atoms with van der Waals surface area (Å²) in [6.07, 6.45) is -0.769. The average molecular weight is 286 g/mol. The van der Waals surface area contributed by atoms with Gasteiger partial charge in [0.05, 0.1) is 0 Å². The van der Waals surface area contributed by atoms with E-state index in [1.54, 1.807) is 12.1 Å². The summed E-state index contributed by atoms with van der Waals surface area (Å²) in [5.74, 6) is -0.153. The highest BCUT2D eigenvalue weighted by Crippen LogP contribution is 2.24. The maximum absolute atomic E-state index is 12.4. The van der Waals surface area contributed by atoms with Gasteiger partial charge in [0.2, 0.25) is 11.9 Å². The quantitative estimate of drug-likeness (QED) is 0.641. The number of Topliss-reactive ketones (excluding diaryl/α,β-unsaturated/α-hetero) is 1. The van der Waals surface area contributed by atoms with Crippen LogP contribution in [0.2, 0.25) is 0 Å². The second-order valence-corrected chi connectivity index (χ2v) is 4.97. The minimum absolute atomic E-state index is 0.153. The number of hydrogen-bond donors (Lipinski definition) is 0. The predicted octanol–water partition coefficient (Wildman–Crippen LogP) is 3.28. The number of nitrogens with zero attached hydrogens (tertiary/aromatic N) is 1. The largest absolute Gasteiger partial charge is 0.382 e. The molecule has 2 atom stereocenters. The van der Waals surface area contributed by atoms with E-state index >= 15 is 0 Å². The van der Waals surface area contributed by atoms with Crippen molar-refractivity contribution in [2.45, 2.75) is 11.5 Å². The van der Waals surface area contributed by atoms with E-state index in [2.05, 4.69) is 5.16 Å².